The van der Waals surface area contributed by atoms with Crippen molar-refractivity contribution in [3.05, 3.63) is 32.2 Å². The molecule has 1 N–H and O–H groups in total. The number of fused-ring (bicyclic) bond motifs is 1. The summed E-state index contributed by atoms with van der Waals surface area (Å²) in [5.74, 6) is 0. The van der Waals surface area contributed by atoms with Gasteiger partial charge in [-0.05, 0) is 68.0 Å². The van der Waals surface area contributed by atoms with E-state index in [1.54, 1.807) is 0 Å². The smallest absolute Gasteiger partial charge is 0.0621 e. The molecule has 2 rings (SSSR count). The van der Waals surface area contributed by atoms with E-state index in [2.05, 4.69) is 44.0 Å². The molecule has 1 nitrogen and oxygen atoms in total. The van der Waals surface area contributed by atoms with E-state index in [1.807, 2.05) is 0 Å². The van der Waals surface area contributed by atoms with Gasteiger partial charge in [-0.15, -0.1) is 0 Å². The summed E-state index contributed by atoms with van der Waals surface area (Å²) in [5.41, 5.74) is 2.52. The molecule has 0 amide bonds. The molecule has 0 atom stereocenters. The number of hydrogen-bond acceptors (Lipinski definition) is 1. The summed E-state index contributed by atoms with van der Waals surface area (Å²) in [6, 6.07) is 4.16. The predicted octanol–water partition coefficient (Wildman–Crippen LogP) is 2.67. The molecule has 0 aromatic heterocycles. The molecule has 0 bridgehead atoms. The fourth-order valence-corrected chi connectivity index (χ4v) is 2.37. The zero-order chi connectivity index (χ0) is 8.72. The van der Waals surface area contributed by atoms with Crippen LogP contribution in [0.15, 0.2) is 21.1 Å². The number of rotatable bonds is 0. The Morgan fingerprint density at radius 3 is 1.92 bits per heavy atom. The largest absolute Gasteiger partial charge is 0.392 e. The van der Waals surface area contributed by atoms with E-state index in [0.29, 0.717) is 0 Å². The third-order valence-corrected chi connectivity index (χ3v) is 4.00. The van der Waals surface area contributed by atoms with Crippen molar-refractivity contribution < 1.29 is 5.11 Å². The van der Waals surface area contributed by atoms with Crippen molar-refractivity contribution in [2.75, 3.05) is 0 Å². The molecule has 1 aromatic rings. The molecule has 1 aromatic carbocycles. The van der Waals surface area contributed by atoms with Gasteiger partial charge in [0.25, 0.3) is 0 Å². The first-order chi connectivity index (χ1) is 5.66. The second kappa shape index (κ2) is 3.13. The van der Waals surface area contributed by atoms with E-state index >= 15 is 0 Å². The summed E-state index contributed by atoms with van der Waals surface area (Å²) in [5, 5.41) is 9.40. The Kier molecular flexibility index (Phi) is 2.27. The van der Waals surface area contributed by atoms with Crippen LogP contribution in [0.1, 0.15) is 11.1 Å². The van der Waals surface area contributed by atoms with Gasteiger partial charge in [0.15, 0.2) is 0 Å². The van der Waals surface area contributed by atoms with E-state index in [1.165, 1.54) is 11.1 Å². The molecule has 0 heterocycles. The lowest BCUT2D eigenvalue weighted by atomic mass is 10.1. The fourth-order valence-electron chi connectivity index (χ4n) is 1.59. The van der Waals surface area contributed by atoms with Gasteiger partial charge in [-0.3, -0.25) is 0 Å². The van der Waals surface area contributed by atoms with Crippen LogP contribution in [0.4, 0.5) is 0 Å². The minimum Gasteiger partial charge on any atom is -0.392 e. The molecule has 0 aliphatic heterocycles. The van der Waals surface area contributed by atoms with Crippen molar-refractivity contribution >= 4 is 31.9 Å². The molecule has 0 spiro atoms. The Balaban J connectivity index is 2.48. The van der Waals surface area contributed by atoms with Gasteiger partial charge >= 0.3 is 0 Å². The first-order valence-electron chi connectivity index (χ1n) is 3.81. The fraction of sp³-hybridized carbons (Fsp3) is 0.333. The van der Waals surface area contributed by atoms with Crippen LogP contribution in [-0.2, 0) is 12.8 Å². The molecule has 12 heavy (non-hydrogen) atoms. The van der Waals surface area contributed by atoms with Crippen LogP contribution < -0.4 is 0 Å². The Morgan fingerprint density at radius 2 is 1.50 bits per heavy atom. The minimum atomic E-state index is -0.179. The topological polar surface area (TPSA) is 20.2 Å². The van der Waals surface area contributed by atoms with Gasteiger partial charge in [0.05, 0.1) is 6.10 Å². The van der Waals surface area contributed by atoms with E-state index in [0.717, 1.165) is 21.8 Å². The van der Waals surface area contributed by atoms with Crippen LogP contribution in [0.2, 0.25) is 0 Å². The van der Waals surface area contributed by atoms with Gasteiger partial charge in [-0.1, -0.05) is 0 Å². The first kappa shape index (κ1) is 8.73. The predicted molar refractivity (Wildman–Crippen MR) is 55.3 cm³/mol. The maximum Gasteiger partial charge on any atom is 0.0621 e. The second-order valence-corrected chi connectivity index (χ2v) is 4.81. The Morgan fingerprint density at radius 1 is 1.08 bits per heavy atom. The molecule has 0 saturated heterocycles. The van der Waals surface area contributed by atoms with Crippen LogP contribution >= 0.6 is 31.9 Å². The van der Waals surface area contributed by atoms with Gasteiger partial charge in [-0.25, -0.2) is 0 Å². The molecule has 0 fully saturated rings. The molecule has 3 heteroatoms. The molecule has 0 saturated carbocycles. The molecule has 1 aliphatic carbocycles. The van der Waals surface area contributed by atoms with Crippen LogP contribution in [-0.4, -0.2) is 11.2 Å². The lowest BCUT2D eigenvalue weighted by Gasteiger charge is -2.01. The van der Waals surface area contributed by atoms with Gasteiger partial charge in [0, 0.05) is 8.95 Å². The minimum absolute atomic E-state index is 0.179. The van der Waals surface area contributed by atoms with Crippen molar-refractivity contribution in [1.82, 2.24) is 0 Å². The molecule has 0 radical (unpaired) electrons. The van der Waals surface area contributed by atoms with Crippen molar-refractivity contribution in [2.45, 2.75) is 18.9 Å². The third-order valence-electron chi connectivity index (χ3n) is 2.15. The first-order valence-corrected chi connectivity index (χ1v) is 5.40. The second-order valence-electron chi connectivity index (χ2n) is 3.10. The zero-order valence-electron chi connectivity index (χ0n) is 6.35. The maximum absolute atomic E-state index is 9.40. The van der Waals surface area contributed by atoms with E-state index in [-0.39, 0.29) is 6.10 Å². The van der Waals surface area contributed by atoms with Gasteiger partial charge in [0.2, 0.25) is 0 Å². The summed E-state index contributed by atoms with van der Waals surface area (Å²) < 4.78 is 2.13. The molecule has 64 valence electrons. The average Bonchev–Trinajstić information content (AvgIpc) is 2.30. The summed E-state index contributed by atoms with van der Waals surface area (Å²) in [6.45, 7) is 0. The normalized spacial score (nSPS) is 16.6. The number of aliphatic hydroxyl groups is 1. The number of halogens is 2. The molecular weight excluding hydrogens is 284 g/mol. The van der Waals surface area contributed by atoms with E-state index in [4.69, 9.17) is 0 Å². The number of hydrogen-bond donors (Lipinski definition) is 1. The van der Waals surface area contributed by atoms with Crippen molar-refractivity contribution in [3.8, 4) is 0 Å². The number of benzene rings is 1. The quantitative estimate of drug-likeness (QED) is 0.779. The van der Waals surface area contributed by atoms with E-state index in [9.17, 15) is 5.11 Å². The highest BCUT2D eigenvalue weighted by molar-refractivity contribution is 9.13. The Bertz CT molecular complexity index is 292. The van der Waals surface area contributed by atoms with Crippen LogP contribution in [0.25, 0.3) is 0 Å². The third kappa shape index (κ3) is 1.45. The maximum atomic E-state index is 9.40. The molecule has 1 aliphatic rings. The van der Waals surface area contributed by atoms with Gasteiger partial charge in [-0.2, -0.15) is 0 Å². The lowest BCUT2D eigenvalue weighted by Crippen LogP contribution is -2.03. The zero-order valence-corrected chi connectivity index (χ0v) is 9.52. The van der Waals surface area contributed by atoms with Crippen molar-refractivity contribution in [1.29, 1.82) is 0 Å². The summed E-state index contributed by atoms with van der Waals surface area (Å²) in [7, 11) is 0. The average molecular weight is 292 g/mol. The lowest BCUT2D eigenvalue weighted by molar-refractivity contribution is 0.187. The molecular formula is C9H8Br2O. The van der Waals surface area contributed by atoms with Crippen LogP contribution in [0, 0.1) is 0 Å². The highest BCUT2D eigenvalue weighted by atomic mass is 79.9. The highest BCUT2D eigenvalue weighted by Crippen LogP contribution is 2.31. The van der Waals surface area contributed by atoms with Gasteiger partial charge in [0.1, 0.15) is 0 Å². The van der Waals surface area contributed by atoms with Crippen molar-refractivity contribution in [2.24, 2.45) is 0 Å². The van der Waals surface area contributed by atoms with Crippen LogP contribution in [0.3, 0.4) is 0 Å². The molecule has 0 unspecified atom stereocenters. The van der Waals surface area contributed by atoms with E-state index < -0.39 is 0 Å². The van der Waals surface area contributed by atoms with Crippen molar-refractivity contribution in [3.63, 3.8) is 0 Å². The summed E-state index contributed by atoms with van der Waals surface area (Å²) in [6.07, 6.45) is 1.41. The van der Waals surface area contributed by atoms with Crippen LogP contribution in [0.5, 0.6) is 0 Å². The Hall–Kier alpha value is 0.140. The standard InChI is InChI=1S/C9H8Br2O/c10-8-3-5-1-7(12)2-6(5)4-9(8)11/h3-4,7,12H,1-2H2. The summed E-state index contributed by atoms with van der Waals surface area (Å²) >= 11 is 6.88. The monoisotopic (exact) mass is 290 g/mol. The summed E-state index contributed by atoms with van der Waals surface area (Å²) in [4.78, 5) is 0. The number of aliphatic hydroxyl groups excluding tert-OH is 1. The highest BCUT2D eigenvalue weighted by Gasteiger charge is 2.19. The Labute approximate surface area is 88.0 Å². The van der Waals surface area contributed by atoms with Gasteiger partial charge < -0.3 is 5.11 Å². The SMILES string of the molecule is OC1Cc2cc(Br)c(Br)cc2C1.